The van der Waals surface area contributed by atoms with Crippen LogP contribution in [0, 0.1) is 12.7 Å². The molecule has 0 spiro atoms. The van der Waals surface area contributed by atoms with E-state index in [0.29, 0.717) is 12.1 Å². The minimum absolute atomic E-state index is 0. The van der Waals surface area contributed by atoms with Gasteiger partial charge in [-0.15, -0.1) is 24.0 Å². The molecule has 0 atom stereocenters. The lowest BCUT2D eigenvalue weighted by Crippen LogP contribution is -2.47. The second-order valence-electron chi connectivity index (χ2n) is 5.86. The molecule has 1 aromatic carbocycles. The highest BCUT2D eigenvalue weighted by Gasteiger charge is 2.31. The molecule has 0 radical (unpaired) electrons. The highest BCUT2D eigenvalue weighted by molar-refractivity contribution is 14.0. The fraction of sp³-hybridized carbons (Fsp3) is 0.588. The van der Waals surface area contributed by atoms with E-state index in [1.54, 1.807) is 26.1 Å². The summed E-state index contributed by atoms with van der Waals surface area (Å²) in [6, 6.07) is 5.30. The molecule has 0 unspecified atom stereocenters. The second kappa shape index (κ2) is 10.5. The molecular weight excluding hydrogens is 440 g/mol. The summed E-state index contributed by atoms with van der Waals surface area (Å²) in [4.78, 5) is 4.25. The summed E-state index contributed by atoms with van der Waals surface area (Å²) in [5.74, 6) is 0.571. The Bertz CT molecular complexity index is 551. The van der Waals surface area contributed by atoms with Crippen molar-refractivity contribution in [2.75, 3.05) is 33.1 Å². The van der Waals surface area contributed by atoms with Gasteiger partial charge in [0.15, 0.2) is 5.96 Å². The maximum absolute atomic E-state index is 13.6. The van der Waals surface area contributed by atoms with Gasteiger partial charge in [0.1, 0.15) is 5.82 Å². The number of rotatable bonds is 5. The largest absolute Gasteiger partial charge is 0.381 e. The number of aliphatic imine (C=N–C) groups is 1. The van der Waals surface area contributed by atoms with Gasteiger partial charge in [-0.3, -0.25) is 4.99 Å². The number of hydrogen-bond acceptors (Lipinski definition) is 3. The van der Waals surface area contributed by atoms with Gasteiger partial charge in [0.25, 0.3) is 0 Å². The van der Waals surface area contributed by atoms with Gasteiger partial charge in [0.05, 0.1) is 0 Å². The SMILES string of the molecule is CN=C(NCc1ccc(C)c(F)c1)NCC1(SC)CCOCC1.I. The predicted molar refractivity (Wildman–Crippen MR) is 111 cm³/mol. The molecule has 0 bridgehead atoms. The molecule has 1 saturated heterocycles. The molecule has 24 heavy (non-hydrogen) atoms. The first-order valence-corrected chi connectivity index (χ1v) is 9.13. The summed E-state index contributed by atoms with van der Waals surface area (Å²) in [6.45, 7) is 4.79. The summed E-state index contributed by atoms with van der Waals surface area (Å²) < 4.78 is 19.2. The van der Waals surface area contributed by atoms with Crippen molar-refractivity contribution in [1.82, 2.24) is 10.6 Å². The van der Waals surface area contributed by atoms with Crippen molar-refractivity contribution in [3.05, 3.63) is 35.1 Å². The second-order valence-corrected chi connectivity index (χ2v) is 7.14. The van der Waals surface area contributed by atoms with E-state index in [0.717, 1.165) is 44.1 Å². The molecule has 1 fully saturated rings. The molecule has 4 nitrogen and oxygen atoms in total. The highest BCUT2D eigenvalue weighted by Crippen LogP contribution is 2.32. The third-order valence-electron chi connectivity index (χ3n) is 4.33. The fourth-order valence-electron chi connectivity index (χ4n) is 2.59. The Hall–Kier alpha value is -0.540. The Morgan fingerprint density at radius 3 is 2.62 bits per heavy atom. The van der Waals surface area contributed by atoms with E-state index < -0.39 is 0 Å². The number of ether oxygens (including phenoxy) is 1. The van der Waals surface area contributed by atoms with E-state index in [-0.39, 0.29) is 34.5 Å². The monoisotopic (exact) mass is 467 g/mol. The zero-order valence-electron chi connectivity index (χ0n) is 14.5. The van der Waals surface area contributed by atoms with E-state index in [9.17, 15) is 4.39 Å². The van der Waals surface area contributed by atoms with Gasteiger partial charge in [0, 0.05) is 38.1 Å². The topological polar surface area (TPSA) is 45.7 Å². The van der Waals surface area contributed by atoms with Crippen molar-refractivity contribution in [3.8, 4) is 0 Å². The lowest BCUT2D eigenvalue weighted by molar-refractivity contribution is 0.0783. The van der Waals surface area contributed by atoms with Gasteiger partial charge in [-0.1, -0.05) is 12.1 Å². The Balaban J connectivity index is 0.00000288. The molecule has 2 rings (SSSR count). The van der Waals surface area contributed by atoms with Crippen LogP contribution in [-0.2, 0) is 11.3 Å². The fourth-order valence-corrected chi connectivity index (χ4v) is 3.39. The molecule has 0 saturated carbocycles. The van der Waals surface area contributed by atoms with Crippen LogP contribution < -0.4 is 10.6 Å². The maximum Gasteiger partial charge on any atom is 0.191 e. The Morgan fingerprint density at radius 2 is 2.04 bits per heavy atom. The van der Waals surface area contributed by atoms with Gasteiger partial charge in [-0.25, -0.2) is 4.39 Å². The minimum atomic E-state index is -0.171. The number of nitrogens with one attached hydrogen (secondary N) is 2. The van der Waals surface area contributed by atoms with E-state index in [2.05, 4.69) is 21.9 Å². The Labute approximate surface area is 165 Å². The third kappa shape index (κ3) is 6.07. The summed E-state index contributed by atoms with van der Waals surface area (Å²) in [5.41, 5.74) is 1.57. The van der Waals surface area contributed by atoms with Gasteiger partial charge >= 0.3 is 0 Å². The van der Waals surface area contributed by atoms with E-state index in [4.69, 9.17) is 4.74 Å². The smallest absolute Gasteiger partial charge is 0.191 e. The molecule has 136 valence electrons. The number of thioether (sulfide) groups is 1. The number of benzene rings is 1. The van der Waals surface area contributed by atoms with E-state index in [1.165, 1.54) is 0 Å². The summed E-state index contributed by atoms with van der Waals surface area (Å²) in [6.07, 6.45) is 4.24. The van der Waals surface area contributed by atoms with Crippen LogP contribution in [0.5, 0.6) is 0 Å². The quantitative estimate of drug-likeness (QED) is 0.396. The van der Waals surface area contributed by atoms with Gasteiger partial charge in [-0.2, -0.15) is 11.8 Å². The van der Waals surface area contributed by atoms with Crippen LogP contribution in [0.2, 0.25) is 0 Å². The summed E-state index contributed by atoms with van der Waals surface area (Å²) in [7, 11) is 1.75. The first-order chi connectivity index (χ1) is 11.1. The van der Waals surface area contributed by atoms with Crippen molar-refractivity contribution in [3.63, 3.8) is 0 Å². The highest BCUT2D eigenvalue weighted by atomic mass is 127. The first kappa shape index (κ1) is 21.5. The Morgan fingerprint density at radius 1 is 1.33 bits per heavy atom. The molecule has 0 aromatic heterocycles. The van der Waals surface area contributed by atoms with Crippen LogP contribution in [-0.4, -0.2) is 43.8 Å². The summed E-state index contributed by atoms with van der Waals surface area (Å²) in [5, 5.41) is 6.64. The van der Waals surface area contributed by atoms with Crippen molar-refractivity contribution < 1.29 is 9.13 Å². The van der Waals surface area contributed by atoms with Crippen molar-refractivity contribution in [2.45, 2.75) is 31.1 Å². The Kier molecular flexibility index (Phi) is 9.36. The van der Waals surface area contributed by atoms with Crippen LogP contribution >= 0.6 is 35.7 Å². The first-order valence-electron chi connectivity index (χ1n) is 7.91. The number of aryl methyl sites for hydroxylation is 1. The van der Waals surface area contributed by atoms with Crippen LogP contribution in [0.1, 0.15) is 24.0 Å². The molecule has 7 heteroatoms. The van der Waals surface area contributed by atoms with E-state index in [1.807, 2.05) is 17.8 Å². The average Bonchev–Trinajstić information content (AvgIpc) is 2.59. The zero-order valence-corrected chi connectivity index (χ0v) is 17.7. The lowest BCUT2D eigenvalue weighted by atomic mass is 9.99. The van der Waals surface area contributed by atoms with Crippen LogP contribution in [0.15, 0.2) is 23.2 Å². The molecule has 0 aliphatic carbocycles. The van der Waals surface area contributed by atoms with Gasteiger partial charge in [-0.05, 0) is 43.2 Å². The molecule has 1 aromatic rings. The molecule has 0 amide bonds. The molecule has 1 aliphatic heterocycles. The van der Waals surface area contributed by atoms with Crippen LogP contribution in [0.4, 0.5) is 4.39 Å². The van der Waals surface area contributed by atoms with E-state index >= 15 is 0 Å². The molecule has 2 N–H and O–H groups in total. The third-order valence-corrected chi connectivity index (χ3v) is 5.75. The zero-order chi connectivity index (χ0) is 16.7. The number of guanidine groups is 1. The minimum Gasteiger partial charge on any atom is -0.381 e. The van der Waals surface area contributed by atoms with Crippen molar-refractivity contribution in [1.29, 1.82) is 0 Å². The van der Waals surface area contributed by atoms with Crippen LogP contribution in [0.25, 0.3) is 0 Å². The van der Waals surface area contributed by atoms with Gasteiger partial charge in [0.2, 0.25) is 0 Å². The number of halogens is 2. The molecule has 1 aliphatic rings. The van der Waals surface area contributed by atoms with Crippen molar-refractivity contribution in [2.24, 2.45) is 4.99 Å². The summed E-state index contributed by atoms with van der Waals surface area (Å²) >= 11 is 1.89. The average molecular weight is 467 g/mol. The van der Waals surface area contributed by atoms with Crippen LogP contribution in [0.3, 0.4) is 0 Å². The molecule has 1 heterocycles. The predicted octanol–water partition coefficient (Wildman–Crippen LogP) is 3.33. The standard InChI is InChI=1S/C17H26FN3OS.HI/c1-13-4-5-14(10-15(13)18)11-20-16(19-2)21-12-17(23-3)6-8-22-9-7-17;/h4-5,10H,6-9,11-12H2,1-3H3,(H2,19,20,21);1H. The lowest BCUT2D eigenvalue weighted by Gasteiger charge is -2.36. The normalized spacial score (nSPS) is 17.1. The van der Waals surface area contributed by atoms with Gasteiger partial charge < -0.3 is 15.4 Å². The molecular formula is C17H27FIN3OS. The maximum atomic E-state index is 13.6. The number of nitrogens with zero attached hydrogens (tertiary/aromatic N) is 1. The van der Waals surface area contributed by atoms with Crippen molar-refractivity contribution >= 4 is 41.7 Å². The number of hydrogen-bond donors (Lipinski definition) is 2.